The maximum absolute atomic E-state index is 9.97. The molecule has 0 aliphatic heterocycles. The molecule has 0 saturated heterocycles. The van der Waals surface area contributed by atoms with Crippen molar-refractivity contribution in [3.05, 3.63) is 28.8 Å². The summed E-state index contributed by atoms with van der Waals surface area (Å²) < 4.78 is 5.85. The van der Waals surface area contributed by atoms with Gasteiger partial charge in [0.1, 0.15) is 11.4 Å². The summed E-state index contributed by atoms with van der Waals surface area (Å²) in [5, 5.41) is 19.2. The van der Waals surface area contributed by atoms with Crippen LogP contribution in [0.5, 0.6) is 5.75 Å². The van der Waals surface area contributed by atoms with Gasteiger partial charge in [0.15, 0.2) is 0 Å². The number of aliphatic hydroxyl groups excluding tert-OH is 2. The average Bonchev–Trinajstić information content (AvgIpc) is 2.33. The predicted molar refractivity (Wildman–Crippen MR) is 70.9 cm³/mol. The summed E-state index contributed by atoms with van der Waals surface area (Å²) in [7, 11) is 0. The summed E-state index contributed by atoms with van der Waals surface area (Å²) in [6.45, 7) is 5.73. The monoisotopic (exact) mass is 250 g/mol. The number of benzene rings is 1. The minimum atomic E-state index is -0.577. The zero-order valence-corrected chi connectivity index (χ0v) is 11.4. The Balaban J connectivity index is 2.35. The predicted octanol–water partition coefficient (Wildman–Crippen LogP) is 2.51. The molecule has 1 aromatic rings. The van der Waals surface area contributed by atoms with E-state index in [2.05, 4.69) is 0 Å². The molecule has 1 unspecified atom stereocenters. The van der Waals surface area contributed by atoms with E-state index in [9.17, 15) is 10.2 Å². The van der Waals surface area contributed by atoms with Crippen molar-refractivity contribution in [3.8, 4) is 5.75 Å². The van der Waals surface area contributed by atoms with E-state index in [-0.39, 0.29) is 12.7 Å². The van der Waals surface area contributed by atoms with Gasteiger partial charge >= 0.3 is 0 Å². The number of rotatable bonds is 3. The lowest BCUT2D eigenvalue weighted by atomic mass is 9.86. The summed E-state index contributed by atoms with van der Waals surface area (Å²) in [6.07, 6.45) is 2.51. The van der Waals surface area contributed by atoms with Gasteiger partial charge in [0, 0.05) is 0 Å². The van der Waals surface area contributed by atoms with E-state index >= 15 is 0 Å². The van der Waals surface area contributed by atoms with Gasteiger partial charge < -0.3 is 14.9 Å². The first-order valence-corrected chi connectivity index (χ1v) is 6.55. The van der Waals surface area contributed by atoms with Gasteiger partial charge in [-0.15, -0.1) is 0 Å². The Bertz CT molecular complexity index is 438. The third kappa shape index (κ3) is 2.52. The fourth-order valence-electron chi connectivity index (χ4n) is 2.47. The fraction of sp³-hybridized carbons (Fsp3) is 0.600. The molecule has 2 rings (SSSR count). The van der Waals surface area contributed by atoms with E-state index < -0.39 is 5.60 Å². The standard InChI is InChI=1S/C15H22O3/c1-10-11-5-4-6-13(17)12(11)7-8-14(10)18-15(2,3)9-16/h7-8,13,16-17H,4-6,9H2,1-3H3. The van der Waals surface area contributed by atoms with Crippen LogP contribution in [0.3, 0.4) is 0 Å². The van der Waals surface area contributed by atoms with Crippen LogP contribution in [0.2, 0.25) is 0 Å². The van der Waals surface area contributed by atoms with Crippen LogP contribution >= 0.6 is 0 Å². The minimum Gasteiger partial charge on any atom is -0.485 e. The van der Waals surface area contributed by atoms with E-state index in [0.717, 1.165) is 36.1 Å². The lowest BCUT2D eigenvalue weighted by molar-refractivity contribution is 0.0404. The molecule has 1 aliphatic carbocycles. The van der Waals surface area contributed by atoms with Gasteiger partial charge in [0.2, 0.25) is 0 Å². The topological polar surface area (TPSA) is 49.7 Å². The zero-order valence-electron chi connectivity index (χ0n) is 11.4. The Morgan fingerprint density at radius 3 is 2.78 bits per heavy atom. The van der Waals surface area contributed by atoms with Gasteiger partial charge in [0.25, 0.3) is 0 Å². The normalized spacial score (nSPS) is 19.5. The van der Waals surface area contributed by atoms with Gasteiger partial charge in [0.05, 0.1) is 12.7 Å². The van der Waals surface area contributed by atoms with E-state index in [4.69, 9.17) is 4.74 Å². The fourth-order valence-corrected chi connectivity index (χ4v) is 2.47. The van der Waals surface area contributed by atoms with Gasteiger partial charge in [-0.2, -0.15) is 0 Å². The van der Waals surface area contributed by atoms with Crippen molar-refractivity contribution in [1.29, 1.82) is 0 Å². The van der Waals surface area contributed by atoms with E-state index in [1.807, 2.05) is 32.9 Å². The van der Waals surface area contributed by atoms with Crippen LogP contribution in [0.25, 0.3) is 0 Å². The van der Waals surface area contributed by atoms with Crippen LogP contribution in [-0.4, -0.2) is 22.4 Å². The van der Waals surface area contributed by atoms with Crippen molar-refractivity contribution < 1.29 is 14.9 Å². The van der Waals surface area contributed by atoms with Crippen LogP contribution in [-0.2, 0) is 6.42 Å². The molecule has 2 N–H and O–H groups in total. The molecule has 1 aromatic carbocycles. The van der Waals surface area contributed by atoms with Crippen LogP contribution in [0, 0.1) is 6.92 Å². The third-order valence-corrected chi connectivity index (χ3v) is 3.62. The summed E-state index contributed by atoms with van der Waals surface area (Å²) in [5.74, 6) is 0.807. The zero-order chi connectivity index (χ0) is 13.3. The van der Waals surface area contributed by atoms with Crippen molar-refractivity contribution in [1.82, 2.24) is 0 Å². The Hall–Kier alpha value is -1.06. The molecule has 1 atom stereocenters. The van der Waals surface area contributed by atoms with Crippen LogP contribution < -0.4 is 4.74 Å². The molecule has 0 aromatic heterocycles. The number of hydrogen-bond donors (Lipinski definition) is 2. The van der Waals surface area contributed by atoms with Crippen molar-refractivity contribution in [2.75, 3.05) is 6.61 Å². The number of aliphatic hydroxyl groups is 2. The molecular weight excluding hydrogens is 228 g/mol. The molecule has 100 valence electrons. The molecule has 3 nitrogen and oxygen atoms in total. The van der Waals surface area contributed by atoms with Gasteiger partial charge in [-0.05, 0) is 62.8 Å². The maximum atomic E-state index is 9.97. The Kier molecular flexibility index (Phi) is 3.64. The number of fused-ring (bicyclic) bond motifs is 1. The summed E-state index contributed by atoms with van der Waals surface area (Å²) in [6, 6.07) is 3.86. The van der Waals surface area contributed by atoms with Crippen LogP contribution in [0.4, 0.5) is 0 Å². The third-order valence-electron chi connectivity index (χ3n) is 3.62. The molecule has 18 heavy (non-hydrogen) atoms. The summed E-state index contributed by atoms with van der Waals surface area (Å²) in [4.78, 5) is 0. The molecule has 0 radical (unpaired) electrons. The largest absolute Gasteiger partial charge is 0.485 e. The van der Waals surface area contributed by atoms with Crippen LogP contribution in [0.1, 0.15) is 49.5 Å². The highest BCUT2D eigenvalue weighted by atomic mass is 16.5. The molecule has 0 saturated carbocycles. The van der Waals surface area contributed by atoms with E-state index in [1.54, 1.807) is 0 Å². The van der Waals surface area contributed by atoms with Crippen LogP contribution in [0.15, 0.2) is 12.1 Å². The highest BCUT2D eigenvalue weighted by Gasteiger charge is 2.24. The summed E-state index contributed by atoms with van der Waals surface area (Å²) in [5.41, 5.74) is 2.76. The quantitative estimate of drug-likeness (QED) is 0.866. The molecular formula is C15H22O3. The minimum absolute atomic E-state index is 0.0217. The molecule has 0 heterocycles. The maximum Gasteiger partial charge on any atom is 0.126 e. The van der Waals surface area contributed by atoms with Crippen molar-refractivity contribution in [2.24, 2.45) is 0 Å². The average molecular weight is 250 g/mol. The molecule has 0 bridgehead atoms. The second-order valence-electron chi connectivity index (χ2n) is 5.68. The second-order valence-corrected chi connectivity index (χ2v) is 5.68. The van der Waals surface area contributed by atoms with E-state index in [1.165, 1.54) is 5.56 Å². The molecule has 0 amide bonds. The van der Waals surface area contributed by atoms with Gasteiger partial charge in [-0.25, -0.2) is 0 Å². The highest BCUT2D eigenvalue weighted by molar-refractivity contribution is 5.46. The highest BCUT2D eigenvalue weighted by Crippen LogP contribution is 2.36. The van der Waals surface area contributed by atoms with Crippen molar-refractivity contribution >= 4 is 0 Å². The smallest absolute Gasteiger partial charge is 0.126 e. The molecule has 0 fully saturated rings. The van der Waals surface area contributed by atoms with Crippen molar-refractivity contribution in [2.45, 2.75) is 51.7 Å². The lowest BCUT2D eigenvalue weighted by Crippen LogP contribution is -2.33. The summed E-state index contributed by atoms with van der Waals surface area (Å²) >= 11 is 0. The van der Waals surface area contributed by atoms with Gasteiger partial charge in [-0.1, -0.05) is 6.07 Å². The van der Waals surface area contributed by atoms with Crippen molar-refractivity contribution in [3.63, 3.8) is 0 Å². The second kappa shape index (κ2) is 4.90. The molecule has 1 aliphatic rings. The lowest BCUT2D eigenvalue weighted by Gasteiger charge is -2.28. The Morgan fingerprint density at radius 2 is 2.11 bits per heavy atom. The van der Waals surface area contributed by atoms with E-state index in [0.29, 0.717) is 0 Å². The Labute approximate surface area is 108 Å². The Morgan fingerprint density at radius 1 is 1.39 bits per heavy atom. The first kappa shape index (κ1) is 13.4. The first-order valence-electron chi connectivity index (χ1n) is 6.55. The SMILES string of the molecule is Cc1c(OC(C)(C)CO)ccc2c1CCCC2O. The number of hydrogen-bond acceptors (Lipinski definition) is 3. The number of ether oxygens (including phenoxy) is 1. The molecule has 0 spiro atoms. The van der Waals surface area contributed by atoms with Gasteiger partial charge in [-0.3, -0.25) is 0 Å². The first-order chi connectivity index (χ1) is 8.44. The molecule has 3 heteroatoms.